The molecule has 0 aliphatic heterocycles. The third-order valence-corrected chi connectivity index (χ3v) is 2.96. The first kappa shape index (κ1) is 14.0. The lowest BCUT2D eigenvalue weighted by molar-refractivity contribution is 0.566. The smallest absolute Gasteiger partial charge is 0.00938 e. The van der Waals surface area contributed by atoms with E-state index in [4.69, 9.17) is 0 Å². The van der Waals surface area contributed by atoms with E-state index in [-0.39, 0.29) is 10.8 Å². The van der Waals surface area contributed by atoms with Gasteiger partial charge < -0.3 is 0 Å². The van der Waals surface area contributed by atoms with Crippen molar-refractivity contribution in [2.75, 3.05) is 0 Å². The topological polar surface area (TPSA) is 0 Å². The van der Waals surface area contributed by atoms with Crippen LogP contribution in [-0.2, 0) is 17.3 Å². The molecule has 0 saturated carbocycles. The van der Waals surface area contributed by atoms with Crippen molar-refractivity contribution in [2.45, 2.75) is 58.8 Å². The molecule has 0 heterocycles. The van der Waals surface area contributed by atoms with Gasteiger partial charge in [0.15, 0.2) is 0 Å². The van der Waals surface area contributed by atoms with Gasteiger partial charge in [-0.25, -0.2) is 0 Å². The number of hydrogen-bond donors (Lipinski definition) is 0. The summed E-state index contributed by atoms with van der Waals surface area (Å²) in [4.78, 5) is 0. The Morgan fingerprint density at radius 1 is 1.06 bits per heavy atom. The summed E-state index contributed by atoms with van der Waals surface area (Å²) in [7, 11) is 0. The van der Waals surface area contributed by atoms with Gasteiger partial charge in [0.2, 0.25) is 0 Å². The van der Waals surface area contributed by atoms with E-state index in [0.717, 1.165) is 6.42 Å². The van der Waals surface area contributed by atoms with Crippen molar-refractivity contribution in [3.05, 3.63) is 47.5 Å². The third kappa shape index (κ3) is 3.73. The van der Waals surface area contributed by atoms with Gasteiger partial charge in [-0.3, -0.25) is 0 Å². The molecule has 0 aliphatic carbocycles. The fourth-order valence-corrected chi connectivity index (χ4v) is 1.73. The van der Waals surface area contributed by atoms with Crippen LogP contribution in [0.25, 0.3) is 0 Å². The highest BCUT2D eigenvalue weighted by molar-refractivity contribution is 5.36. The van der Waals surface area contributed by atoms with Gasteiger partial charge in [-0.05, 0) is 40.0 Å². The highest BCUT2D eigenvalue weighted by atomic mass is 14.2. The maximum Gasteiger partial charge on any atom is -0.00938 e. The molecule has 0 aromatic heterocycles. The fourth-order valence-electron chi connectivity index (χ4n) is 1.73. The number of hydrogen-bond acceptors (Lipinski definition) is 0. The minimum absolute atomic E-state index is 0.150. The van der Waals surface area contributed by atoms with Gasteiger partial charge in [0.05, 0.1) is 0 Å². The SMILES string of the molecule is C=CCc1[c]c(C(C)(C)C)cc(C(C)(C)C)c1. The Hall–Kier alpha value is -1.04. The lowest BCUT2D eigenvalue weighted by Crippen LogP contribution is -2.17. The molecule has 0 aliphatic rings. The first-order valence-electron chi connectivity index (χ1n) is 6.32. The van der Waals surface area contributed by atoms with Crippen LogP contribution in [0.5, 0.6) is 0 Å². The largest absolute Gasteiger partial charge is 0.103 e. The van der Waals surface area contributed by atoms with Gasteiger partial charge in [0.25, 0.3) is 0 Å². The molecule has 0 heteroatoms. The van der Waals surface area contributed by atoms with Gasteiger partial charge in [0.1, 0.15) is 0 Å². The van der Waals surface area contributed by atoms with Crippen LogP contribution < -0.4 is 0 Å². The quantitative estimate of drug-likeness (QED) is 0.638. The van der Waals surface area contributed by atoms with Crippen LogP contribution in [0.15, 0.2) is 24.8 Å². The molecule has 1 radical (unpaired) electrons. The second-order valence-electron chi connectivity index (χ2n) is 6.80. The molecule has 0 bridgehead atoms. The second-order valence-corrected chi connectivity index (χ2v) is 6.80. The fraction of sp³-hybridized carbons (Fsp3) is 0.529. The van der Waals surface area contributed by atoms with E-state index in [2.05, 4.69) is 66.3 Å². The van der Waals surface area contributed by atoms with Crippen LogP contribution in [0.3, 0.4) is 0 Å². The average Bonchev–Trinajstić information content (AvgIpc) is 2.15. The third-order valence-electron chi connectivity index (χ3n) is 2.96. The van der Waals surface area contributed by atoms with E-state index in [9.17, 15) is 0 Å². The molecular weight excluding hydrogens is 204 g/mol. The predicted molar refractivity (Wildman–Crippen MR) is 76.6 cm³/mol. The summed E-state index contributed by atoms with van der Waals surface area (Å²) in [6.45, 7) is 17.3. The van der Waals surface area contributed by atoms with E-state index in [1.165, 1.54) is 16.7 Å². The van der Waals surface area contributed by atoms with E-state index in [1.54, 1.807) is 0 Å². The summed E-state index contributed by atoms with van der Waals surface area (Å²) in [6.07, 6.45) is 2.84. The highest BCUT2D eigenvalue weighted by Gasteiger charge is 2.20. The van der Waals surface area contributed by atoms with Crippen LogP contribution in [0.2, 0.25) is 0 Å². The van der Waals surface area contributed by atoms with E-state index in [0.29, 0.717) is 0 Å². The Balaban J connectivity index is 3.34. The minimum atomic E-state index is 0.150. The van der Waals surface area contributed by atoms with E-state index < -0.39 is 0 Å². The summed E-state index contributed by atoms with van der Waals surface area (Å²) < 4.78 is 0. The molecule has 0 spiro atoms. The zero-order valence-electron chi connectivity index (χ0n) is 12.1. The lowest BCUT2D eigenvalue weighted by atomic mass is 9.79. The molecule has 1 aromatic carbocycles. The molecule has 93 valence electrons. The van der Waals surface area contributed by atoms with Gasteiger partial charge in [0, 0.05) is 0 Å². The van der Waals surface area contributed by atoms with E-state index >= 15 is 0 Å². The molecule has 1 aromatic rings. The lowest BCUT2D eigenvalue weighted by Gasteiger charge is -2.25. The van der Waals surface area contributed by atoms with Crippen LogP contribution >= 0.6 is 0 Å². The van der Waals surface area contributed by atoms with Crippen LogP contribution in [-0.4, -0.2) is 0 Å². The van der Waals surface area contributed by atoms with Crippen molar-refractivity contribution in [2.24, 2.45) is 0 Å². The van der Waals surface area contributed by atoms with Gasteiger partial charge in [-0.1, -0.05) is 59.8 Å². The van der Waals surface area contributed by atoms with Crippen molar-refractivity contribution in [1.82, 2.24) is 0 Å². The molecule has 0 saturated heterocycles. The standard InChI is InChI=1S/C17H25/c1-8-9-13-10-14(16(2,3)4)12-15(11-13)17(5,6)7/h8,10,12H,1,9H2,2-7H3. The van der Waals surface area contributed by atoms with Crippen LogP contribution in [0, 0.1) is 6.07 Å². The molecule has 0 unspecified atom stereocenters. The Kier molecular flexibility index (Phi) is 3.86. The van der Waals surface area contributed by atoms with Crippen molar-refractivity contribution < 1.29 is 0 Å². The minimum Gasteiger partial charge on any atom is -0.103 e. The summed E-state index contributed by atoms with van der Waals surface area (Å²) in [5, 5.41) is 0. The summed E-state index contributed by atoms with van der Waals surface area (Å²) in [5.41, 5.74) is 4.26. The monoisotopic (exact) mass is 229 g/mol. The summed E-state index contributed by atoms with van der Waals surface area (Å²) >= 11 is 0. The Labute approximate surface area is 107 Å². The molecule has 1 rings (SSSR count). The van der Waals surface area contributed by atoms with Gasteiger partial charge in [-0.2, -0.15) is 0 Å². The highest BCUT2D eigenvalue weighted by Crippen LogP contribution is 2.30. The maximum absolute atomic E-state index is 3.82. The van der Waals surface area contributed by atoms with Crippen LogP contribution in [0.1, 0.15) is 58.2 Å². The van der Waals surface area contributed by atoms with Crippen molar-refractivity contribution in [1.29, 1.82) is 0 Å². The van der Waals surface area contributed by atoms with Crippen LogP contribution in [0.4, 0.5) is 0 Å². The molecular formula is C17H25. The molecule has 0 nitrogen and oxygen atoms in total. The Bertz CT molecular complexity index is 365. The first-order chi connectivity index (χ1) is 7.64. The summed E-state index contributed by atoms with van der Waals surface area (Å²) in [5.74, 6) is 0. The van der Waals surface area contributed by atoms with Crippen molar-refractivity contribution >= 4 is 0 Å². The maximum atomic E-state index is 3.82. The average molecular weight is 229 g/mol. The molecule has 0 atom stereocenters. The Morgan fingerprint density at radius 3 is 2.06 bits per heavy atom. The van der Waals surface area contributed by atoms with Crippen molar-refractivity contribution in [3.8, 4) is 0 Å². The number of rotatable bonds is 2. The zero-order chi connectivity index (χ0) is 13.3. The first-order valence-corrected chi connectivity index (χ1v) is 6.32. The van der Waals surface area contributed by atoms with Gasteiger partial charge in [-0.15, -0.1) is 6.58 Å². The number of allylic oxidation sites excluding steroid dienone is 1. The molecule has 0 fully saturated rings. The molecule has 0 amide bonds. The molecule has 0 N–H and O–H groups in total. The zero-order valence-corrected chi connectivity index (χ0v) is 12.1. The Morgan fingerprint density at radius 2 is 1.65 bits per heavy atom. The van der Waals surface area contributed by atoms with Gasteiger partial charge >= 0.3 is 0 Å². The molecule has 17 heavy (non-hydrogen) atoms. The van der Waals surface area contributed by atoms with Crippen molar-refractivity contribution in [3.63, 3.8) is 0 Å². The van der Waals surface area contributed by atoms with E-state index in [1.807, 2.05) is 6.08 Å². The number of benzene rings is 1. The second kappa shape index (κ2) is 4.68. The predicted octanol–water partition coefficient (Wildman–Crippen LogP) is 4.81. The summed E-state index contributed by atoms with van der Waals surface area (Å²) in [6, 6.07) is 8.09. The normalized spacial score (nSPS) is 12.6.